The van der Waals surface area contributed by atoms with Crippen LogP contribution in [0.1, 0.15) is 31.0 Å². The summed E-state index contributed by atoms with van der Waals surface area (Å²) in [5.41, 5.74) is 4.60. The number of rotatable bonds is 5. The lowest BCUT2D eigenvalue weighted by atomic mass is 9.99. The summed E-state index contributed by atoms with van der Waals surface area (Å²) in [6, 6.07) is 12.8. The Morgan fingerprint density at radius 2 is 1.71 bits per heavy atom. The van der Waals surface area contributed by atoms with E-state index in [1.54, 1.807) is 12.1 Å². The Labute approximate surface area is 135 Å². The van der Waals surface area contributed by atoms with Crippen LogP contribution >= 0.6 is 23.2 Å². The molecule has 112 valence electrons. The van der Waals surface area contributed by atoms with Crippen molar-refractivity contribution in [3.63, 3.8) is 0 Å². The Kier molecular flexibility index (Phi) is 5.48. The lowest BCUT2D eigenvalue weighted by Gasteiger charge is -2.19. The van der Waals surface area contributed by atoms with Crippen LogP contribution in [0.15, 0.2) is 42.5 Å². The van der Waals surface area contributed by atoms with E-state index in [-0.39, 0.29) is 12.1 Å². The van der Waals surface area contributed by atoms with Gasteiger partial charge in [-0.3, -0.25) is 5.84 Å². The Hall–Kier alpha value is -1.26. The highest BCUT2D eigenvalue weighted by Crippen LogP contribution is 2.31. The molecule has 0 heterocycles. The van der Waals surface area contributed by atoms with Gasteiger partial charge in [0, 0.05) is 10.0 Å². The average molecular weight is 325 g/mol. The summed E-state index contributed by atoms with van der Waals surface area (Å²) < 4.78 is 5.63. The van der Waals surface area contributed by atoms with Crippen LogP contribution in [-0.2, 0) is 0 Å². The van der Waals surface area contributed by atoms with Crippen molar-refractivity contribution in [2.45, 2.75) is 26.0 Å². The second-order valence-corrected chi connectivity index (χ2v) is 5.84. The SMILES string of the molecule is CC(C)Oc1ccc(C(NN)c2cc(Cl)ccc2Cl)cc1. The first-order valence-electron chi connectivity index (χ1n) is 6.69. The van der Waals surface area contributed by atoms with Crippen LogP contribution in [0.5, 0.6) is 5.75 Å². The van der Waals surface area contributed by atoms with Crippen molar-refractivity contribution in [1.82, 2.24) is 5.43 Å². The zero-order valence-corrected chi connectivity index (χ0v) is 13.4. The Balaban J connectivity index is 2.31. The molecule has 0 aromatic heterocycles. The van der Waals surface area contributed by atoms with E-state index in [1.807, 2.05) is 44.2 Å². The molecule has 0 amide bonds. The van der Waals surface area contributed by atoms with Crippen molar-refractivity contribution < 1.29 is 4.74 Å². The summed E-state index contributed by atoms with van der Waals surface area (Å²) in [5.74, 6) is 6.51. The zero-order chi connectivity index (χ0) is 15.4. The molecule has 2 aromatic carbocycles. The first kappa shape index (κ1) is 16.1. The summed E-state index contributed by atoms with van der Waals surface area (Å²) >= 11 is 12.3. The molecule has 21 heavy (non-hydrogen) atoms. The van der Waals surface area contributed by atoms with E-state index in [1.165, 1.54) is 0 Å². The number of hydrogen-bond donors (Lipinski definition) is 2. The van der Waals surface area contributed by atoms with Crippen molar-refractivity contribution in [1.29, 1.82) is 0 Å². The second-order valence-electron chi connectivity index (χ2n) is 5.00. The van der Waals surface area contributed by atoms with Gasteiger partial charge < -0.3 is 4.74 Å². The number of halogens is 2. The summed E-state index contributed by atoms with van der Waals surface area (Å²) in [7, 11) is 0. The van der Waals surface area contributed by atoms with Crippen LogP contribution in [-0.4, -0.2) is 6.10 Å². The molecule has 0 fully saturated rings. The van der Waals surface area contributed by atoms with Gasteiger partial charge >= 0.3 is 0 Å². The molecule has 0 radical (unpaired) electrons. The quantitative estimate of drug-likeness (QED) is 0.635. The number of benzene rings is 2. The molecule has 2 aromatic rings. The summed E-state index contributed by atoms with van der Waals surface area (Å²) in [4.78, 5) is 0. The first-order valence-corrected chi connectivity index (χ1v) is 7.44. The molecule has 0 saturated carbocycles. The van der Waals surface area contributed by atoms with E-state index in [2.05, 4.69) is 5.43 Å². The monoisotopic (exact) mass is 324 g/mol. The molecule has 2 rings (SSSR count). The van der Waals surface area contributed by atoms with Crippen LogP contribution in [0.25, 0.3) is 0 Å². The first-order chi connectivity index (χ1) is 10.0. The third kappa shape index (κ3) is 4.11. The van der Waals surface area contributed by atoms with Crippen molar-refractivity contribution in [2.24, 2.45) is 5.84 Å². The third-order valence-electron chi connectivity index (χ3n) is 3.02. The minimum Gasteiger partial charge on any atom is -0.491 e. The maximum atomic E-state index is 6.24. The Bertz CT molecular complexity index is 600. The normalized spacial score (nSPS) is 12.5. The molecule has 5 heteroatoms. The minimum absolute atomic E-state index is 0.140. The second kappa shape index (κ2) is 7.14. The van der Waals surface area contributed by atoms with E-state index in [9.17, 15) is 0 Å². The molecule has 0 aliphatic rings. The molecule has 0 bridgehead atoms. The number of nitrogens with two attached hydrogens (primary N) is 1. The van der Waals surface area contributed by atoms with Crippen LogP contribution < -0.4 is 16.0 Å². The predicted octanol–water partition coefficient (Wildman–Crippen LogP) is 4.33. The lowest BCUT2D eigenvalue weighted by Crippen LogP contribution is -2.29. The number of hydrazine groups is 1. The largest absolute Gasteiger partial charge is 0.491 e. The average Bonchev–Trinajstić information content (AvgIpc) is 2.44. The van der Waals surface area contributed by atoms with E-state index in [0.717, 1.165) is 16.9 Å². The molecule has 0 spiro atoms. The van der Waals surface area contributed by atoms with Crippen LogP contribution in [0, 0.1) is 0 Å². The summed E-state index contributed by atoms with van der Waals surface area (Å²) in [6.45, 7) is 3.98. The predicted molar refractivity (Wildman–Crippen MR) is 87.8 cm³/mol. The van der Waals surface area contributed by atoms with Gasteiger partial charge in [0.1, 0.15) is 5.75 Å². The topological polar surface area (TPSA) is 47.3 Å². The standard InChI is InChI=1S/C16H18Cl2N2O/c1-10(2)21-13-6-3-11(4-7-13)16(20-19)14-9-12(17)5-8-15(14)18/h3-10,16,20H,19H2,1-2H3. The highest BCUT2D eigenvalue weighted by Gasteiger charge is 2.16. The molecular formula is C16H18Cl2N2O. The fourth-order valence-corrected chi connectivity index (χ4v) is 2.52. The van der Waals surface area contributed by atoms with Gasteiger partial charge in [-0.1, -0.05) is 35.3 Å². The number of nitrogens with one attached hydrogen (secondary N) is 1. The van der Waals surface area contributed by atoms with Gasteiger partial charge in [-0.25, -0.2) is 5.43 Å². The minimum atomic E-state index is -0.232. The maximum absolute atomic E-state index is 6.24. The van der Waals surface area contributed by atoms with E-state index >= 15 is 0 Å². The van der Waals surface area contributed by atoms with Gasteiger partial charge in [-0.15, -0.1) is 0 Å². The molecular weight excluding hydrogens is 307 g/mol. The van der Waals surface area contributed by atoms with Crippen LogP contribution in [0.2, 0.25) is 10.0 Å². The highest BCUT2D eigenvalue weighted by molar-refractivity contribution is 6.33. The smallest absolute Gasteiger partial charge is 0.119 e. The van der Waals surface area contributed by atoms with Crippen molar-refractivity contribution in [3.05, 3.63) is 63.6 Å². The van der Waals surface area contributed by atoms with E-state index in [0.29, 0.717) is 10.0 Å². The summed E-state index contributed by atoms with van der Waals surface area (Å²) in [6.07, 6.45) is 0.140. The Morgan fingerprint density at radius 1 is 1.05 bits per heavy atom. The van der Waals surface area contributed by atoms with Gasteiger partial charge in [0.2, 0.25) is 0 Å². The van der Waals surface area contributed by atoms with Gasteiger partial charge in [-0.2, -0.15) is 0 Å². The number of hydrogen-bond acceptors (Lipinski definition) is 3. The summed E-state index contributed by atoms with van der Waals surface area (Å²) in [5, 5.41) is 1.24. The molecule has 3 N–H and O–H groups in total. The zero-order valence-electron chi connectivity index (χ0n) is 11.9. The van der Waals surface area contributed by atoms with Gasteiger partial charge in [-0.05, 0) is 55.3 Å². The maximum Gasteiger partial charge on any atom is 0.119 e. The molecule has 0 aliphatic carbocycles. The van der Waals surface area contributed by atoms with Crippen LogP contribution in [0.4, 0.5) is 0 Å². The molecule has 0 saturated heterocycles. The molecule has 1 atom stereocenters. The van der Waals surface area contributed by atoms with Crippen molar-refractivity contribution >= 4 is 23.2 Å². The Morgan fingerprint density at radius 3 is 2.29 bits per heavy atom. The fourth-order valence-electron chi connectivity index (χ4n) is 2.11. The van der Waals surface area contributed by atoms with Gasteiger partial charge in [0.05, 0.1) is 12.1 Å². The third-order valence-corrected chi connectivity index (χ3v) is 3.60. The van der Waals surface area contributed by atoms with Crippen LogP contribution in [0.3, 0.4) is 0 Å². The molecule has 3 nitrogen and oxygen atoms in total. The van der Waals surface area contributed by atoms with E-state index in [4.69, 9.17) is 33.8 Å². The number of ether oxygens (including phenoxy) is 1. The van der Waals surface area contributed by atoms with Gasteiger partial charge in [0.25, 0.3) is 0 Å². The van der Waals surface area contributed by atoms with E-state index < -0.39 is 0 Å². The molecule has 0 aliphatic heterocycles. The lowest BCUT2D eigenvalue weighted by molar-refractivity contribution is 0.242. The van der Waals surface area contributed by atoms with Crippen molar-refractivity contribution in [3.8, 4) is 5.75 Å². The highest BCUT2D eigenvalue weighted by atomic mass is 35.5. The fraction of sp³-hybridized carbons (Fsp3) is 0.250. The van der Waals surface area contributed by atoms with Crippen molar-refractivity contribution in [2.75, 3.05) is 0 Å². The molecule has 1 unspecified atom stereocenters. The van der Waals surface area contributed by atoms with Gasteiger partial charge in [0.15, 0.2) is 0 Å².